The second-order valence-electron chi connectivity index (χ2n) is 6.78. The summed E-state index contributed by atoms with van der Waals surface area (Å²) in [6, 6.07) is 2.20. The van der Waals surface area contributed by atoms with Crippen LogP contribution in [0, 0.1) is 11.3 Å². The maximum atomic E-state index is 12.8. The van der Waals surface area contributed by atoms with E-state index in [2.05, 4.69) is 20.6 Å². The SMILES string of the molecule is CO/N=C(\C(=O)N[C@@H]1C(=O)N2C(C(=O)[O-])=C(/C=C\c3cc(C#N)no3)CS[C@H]12)c1csc(N)n1.[Na+]. The molecular formula is C19H14N7NaO6S2. The molecule has 2 aliphatic heterocycles. The first-order valence-electron chi connectivity index (χ1n) is 9.41. The Bertz CT molecular complexity index is 1310. The maximum Gasteiger partial charge on any atom is 1.00 e. The third-order valence-electron chi connectivity index (χ3n) is 4.73. The van der Waals surface area contributed by atoms with Gasteiger partial charge in [-0.2, -0.15) is 5.26 Å². The number of oxime groups is 1. The zero-order valence-electron chi connectivity index (χ0n) is 18.3. The molecule has 13 nitrogen and oxygen atoms in total. The van der Waals surface area contributed by atoms with Crippen molar-refractivity contribution in [2.24, 2.45) is 5.16 Å². The van der Waals surface area contributed by atoms with Crippen LogP contribution in [-0.4, -0.2) is 62.8 Å². The van der Waals surface area contributed by atoms with Gasteiger partial charge in [0, 0.05) is 17.2 Å². The first kappa shape index (κ1) is 26.4. The van der Waals surface area contributed by atoms with Crippen LogP contribution in [0.15, 0.2) is 38.5 Å². The van der Waals surface area contributed by atoms with E-state index in [1.807, 2.05) is 6.07 Å². The van der Waals surface area contributed by atoms with E-state index in [1.54, 1.807) is 0 Å². The van der Waals surface area contributed by atoms with Crippen molar-refractivity contribution in [3.8, 4) is 6.07 Å². The number of allylic oxidation sites excluding steroid dienone is 1. The van der Waals surface area contributed by atoms with Gasteiger partial charge in [0.1, 0.15) is 30.3 Å². The van der Waals surface area contributed by atoms with E-state index in [4.69, 9.17) is 20.4 Å². The molecule has 0 saturated carbocycles. The molecule has 35 heavy (non-hydrogen) atoms. The molecular weight excluding hydrogens is 509 g/mol. The van der Waals surface area contributed by atoms with Crippen LogP contribution < -0.4 is 45.7 Å². The van der Waals surface area contributed by atoms with Crippen LogP contribution in [0.25, 0.3) is 6.08 Å². The summed E-state index contributed by atoms with van der Waals surface area (Å²) in [6.45, 7) is 0. The average Bonchev–Trinajstić information content (AvgIpc) is 3.47. The van der Waals surface area contributed by atoms with Crippen LogP contribution in [0.4, 0.5) is 5.13 Å². The fourth-order valence-corrected chi connectivity index (χ4v) is 5.13. The summed E-state index contributed by atoms with van der Waals surface area (Å²) in [6.07, 6.45) is 2.88. The number of aromatic nitrogens is 2. The Morgan fingerprint density at radius 1 is 1.49 bits per heavy atom. The molecule has 0 spiro atoms. The minimum Gasteiger partial charge on any atom is -0.543 e. The van der Waals surface area contributed by atoms with E-state index in [1.165, 1.54) is 42.5 Å². The molecule has 2 aromatic rings. The van der Waals surface area contributed by atoms with Crippen molar-refractivity contribution in [2.45, 2.75) is 11.4 Å². The van der Waals surface area contributed by atoms with Crippen molar-refractivity contribution in [3.63, 3.8) is 0 Å². The number of aliphatic carboxylic acids is 1. The van der Waals surface area contributed by atoms with Crippen LogP contribution in [0.5, 0.6) is 0 Å². The van der Waals surface area contributed by atoms with Gasteiger partial charge in [0.25, 0.3) is 11.8 Å². The first-order chi connectivity index (χ1) is 16.3. The fraction of sp³-hybridized carbons (Fsp3) is 0.211. The van der Waals surface area contributed by atoms with E-state index in [9.17, 15) is 19.5 Å². The Kier molecular flexibility index (Phi) is 8.35. The van der Waals surface area contributed by atoms with Gasteiger partial charge < -0.3 is 30.3 Å². The predicted molar refractivity (Wildman–Crippen MR) is 117 cm³/mol. The van der Waals surface area contributed by atoms with E-state index in [0.717, 1.165) is 16.2 Å². The van der Waals surface area contributed by atoms with Gasteiger partial charge in [-0.3, -0.25) is 14.5 Å². The molecule has 0 bridgehead atoms. The molecule has 1 saturated heterocycles. The first-order valence-corrected chi connectivity index (χ1v) is 11.3. The number of nitrogens with two attached hydrogens (primary N) is 1. The van der Waals surface area contributed by atoms with Crippen molar-refractivity contribution in [1.29, 1.82) is 5.26 Å². The normalized spacial score (nSPS) is 19.5. The second kappa shape index (κ2) is 11.1. The Hall–Kier alpha value is -3.16. The van der Waals surface area contributed by atoms with Crippen molar-refractivity contribution in [1.82, 2.24) is 20.4 Å². The summed E-state index contributed by atoms with van der Waals surface area (Å²) in [4.78, 5) is 47.2. The number of anilines is 1. The minimum atomic E-state index is -1.54. The van der Waals surface area contributed by atoms with Gasteiger partial charge in [0.05, 0.1) is 11.7 Å². The molecule has 0 radical (unpaired) electrons. The number of carbonyl (C=O) groups excluding carboxylic acids is 3. The number of hydrogen-bond donors (Lipinski definition) is 2. The Morgan fingerprint density at radius 2 is 2.26 bits per heavy atom. The van der Waals surface area contributed by atoms with E-state index < -0.39 is 29.2 Å². The van der Waals surface area contributed by atoms with E-state index in [0.29, 0.717) is 5.57 Å². The number of β-lactam (4-membered cyclic amide) rings is 1. The number of carbonyl (C=O) groups is 3. The number of carboxylic acid groups (broad SMARTS) is 1. The summed E-state index contributed by atoms with van der Waals surface area (Å²) in [5.41, 5.74) is 5.67. The number of fused-ring (bicyclic) bond motifs is 1. The molecule has 174 valence electrons. The number of nitrogens with zero attached hydrogens (tertiary/aromatic N) is 5. The number of nitrogens with one attached hydrogen (secondary N) is 1. The quantitative estimate of drug-likeness (QED) is 0.155. The van der Waals surface area contributed by atoms with Crippen molar-refractivity contribution >= 4 is 57.8 Å². The predicted octanol–water partition coefficient (Wildman–Crippen LogP) is -3.94. The Morgan fingerprint density at radius 3 is 2.86 bits per heavy atom. The van der Waals surface area contributed by atoms with Gasteiger partial charge >= 0.3 is 29.6 Å². The second-order valence-corrected chi connectivity index (χ2v) is 8.77. The van der Waals surface area contributed by atoms with Gasteiger partial charge in [-0.15, -0.1) is 23.1 Å². The van der Waals surface area contributed by atoms with Crippen LogP contribution >= 0.6 is 23.1 Å². The molecule has 2 amide bonds. The number of hydrogen-bond acceptors (Lipinski definition) is 13. The van der Waals surface area contributed by atoms with Crippen molar-refractivity contribution < 1.29 is 58.4 Å². The zero-order valence-corrected chi connectivity index (χ0v) is 21.9. The number of rotatable bonds is 7. The maximum absolute atomic E-state index is 12.8. The van der Waals surface area contributed by atoms with Crippen molar-refractivity contribution in [3.05, 3.63) is 45.9 Å². The smallest absolute Gasteiger partial charge is 0.543 e. The van der Waals surface area contributed by atoms with E-state index >= 15 is 0 Å². The van der Waals surface area contributed by atoms with Crippen LogP contribution in [-0.2, 0) is 19.2 Å². The number of nitriles is 1. The standard InChI is InChI=1S/C19H15N7O6S2.Na/c1-31-25-12(11-7-34-19(21)22-11)15(27)23-13-16(28)26-14(18(29)30)8(6-33-17(13)26)2-3-10-4-9(5-20)24-32-10;/h2-4,7,13,17H,6H2,1H3,(H2,21,22)(H,23,27)(H,29,30);/q;+1/p-1/b3-2-,25-12-;/t13-,17-;/m1./s1. The topological polar surface area (TPSA) is 200 Å². The third-order valence-corrected chi connectivity index (χ3v) is 6.71. The molecule has 0 aliphatic carbocycles. The Balaban J connectivity index is 0.00000342. The number of carboxylic acids is 1. The summed E-state index contributed by atoms with van der Waals surface area (Å²) >= 11 is 2.36. The fourth-order valence-electron chi connectivity index (χ4n) is 3.27. The number of thioether (sulfide) groups is 1. The van der Waals surface area contributed by atoms with Crippen LogP contribution in [0.1, 0.15) is 17.1 Å². The molecule has 4 rings (SSSR count). The molecule has 16 heteroatoms. The molecule has 1 fully saturated rings. The molecule has 0 unspecified atom stereocenters. The molecule has 2 aliphatic rings. The Labute approximate surface area is 227 Å². The van der Waals surface area contributed by atoms with Gasteiger partial charge in [-0.25, -0.2) is 4.98 Å². The number of thiazole rings is 1. The minimum absolute atomic E-state index is 0. The number of nitrogen functional groups attached to an aromatic ring is 1. The van der Waals surface area contributed by atoms with E-state index in [-0.39, 0.29) is 69.0 Å². The number of amides is 2. The summed E-state index contributed by atoms with van der Waals surface area (Å²) in [7, 11) is 1.25. The van der Waals surface area contributed by atoms with Gasteiger partial charge in [0.15, 0.2) is 22.3 Å². The van der Waals surface area contributed by atoms with Crippen LogP contribution in [0.3, 0.4) is 0 Å². The average molecular weight is 523 g/mol. The van der Waals surface area contributed by atoms with Crippen LogP contribution in [0.2, 0.25) is 0 Å². The molecule has 4 heterocycles. The molecule has 3 N–H and O–H groups in total. The van der Waals surface area contributed by atoms with Crippen molar-refractivity contribution in [2.75, 3.05) is 18.6 Å². The van der Waals surface area contributed by atoms with Gasteiger partial charge in [-0.1, -0.05) is 16.4 Å². The third kappa shape index (κ3) is 5.26. The monoisotopic (exact) mass is 523 g/mol. The molecule has 2 atom stereocenters. The largest absolute Gasteiger partial charge is 1.00 e. The molecule has 0 aromatic carbocycles. The van der Waals surface area contributed by atoms with Gasteiger partial charge in [-0.05, 0) is 11.6 Å². The summed E-state index contributed by atoms with van der Waals surface area (Å²) in [5, 5.41) is 31.5. The summed E-state index contributed by atoms with van der Waals surface area (Å²) in [5.74, 6) is -2.45. The van der Waals surface area contributed by atoms with Gasteiger partial charge in [0.2, 0.25) is 0 Å². The zero-order chi connectivity index (χ0) is 24.4. The summed E-state index contributed by atoms with van der Waals surface area (Å²) < 4.78 is 4.95. The molecule has 2 aromatic heterocycles.